The van der Waals surface area contributed by atoms with Crippen molar-refractivity contribution in [1.29, 1.82) is 0 Å². The van der Waals surface area contributed by atoms with Crippen LogP contribution in [0.5, 0.6) is 0 Å². The fourth-order valence-corrected chi connectivity index (χ4v) is 2.10. The summed E-state index contributed by atoms with van der Waals surface area (Å²) in [6.07, 6.45) is 0.945. The van der Waals surface area contributed by atoms with Gasteiger partial charge in [-0.15, -0.1) is 0 Å². The van der Waals surface area contributed by atoms with Gasteiger partial charge in [-0.1, -0.05) is 31.2 Å². The van der Waals surface area contributed by atoms with Crippen molar-refractivity contribution in [3.8, 4) is 0 Å². The molecule has 0 unspecified atom stereocenters. The fraction of sp³-hybridized carbons (Fsp3) is 0.176. The van der Waals surface area contributed by atoms with Crippen LogP contribution in [0.15, 0.2) is 48.5 Å². The van der Waals surface area contributed by atoms with Crippen LogP contribution in [0.4, 0.5) is 16.2 Å². The highest BCUT2D eigenvalue weighted by molar-refractivity contribution is 6.10. The van der Waals surface area contributed by atoms with E-state index in [4.69, 9.17) is 5.73 Å². The molecule has 3 N–H and O–H groups in total. The lowest BCUT2D eigenvalue weighted by Crippen LogP contribution is -2.33. The normalized spacial score (nSPS) is 10.1. The first kappa shape index (κ1) is 15.6. The summed E-state index contributed by atoms with van der Waals surface area (Å²) in [5.41, 5.74) is 8.05. The van der Waals surface area contributed by atoms with Crippen molar-refractivity contribution < 1.29 is 9.59 Å². The van der Waals surface area contributed by atoms with Gasteiger partial charge in [-0.25, -0.2) is 4.79 Å². The third-order valence-corrected chi connectivity index (χ3v) is 3.46. The Morgan fingerprint density at radius 1 is 1.09 bits per heavy atom. The van der Waals surface area contributed by atoms with Gasteiger partial charge in [0.15, 0.2) is 0 Å². The van der Waals surface area contributed by atoms with E-state index in [2.05, 4.69) is 12.2 Å². The molecule has 0 atom stereocenters. The fourth-order valence-electron chi connectivity index (χ4n) is 2.10. The zero-order valence-electron chi connectivity index (χ0n) is 12.7. The number of anilines is 2. The van der Waals surface area contributed by atoms with Gasteiger partial charge in [-0.05, 0) is 36.2 Å². The Kier molecular flexibility index (Phi) is 4.78. The van der Waals surface area contributed by atoms with E-state index in [1.54, 1.807) is 24.3 Å². The molecular formula is C17H19N3O2. The molecule has 0 spiro atoms. The number of primary amides is 1. The smallest absolute Gasteiger partial charge is 0.319 e. The molecule has 0 saturated carbocycles. The van der Waals surface area contributed by atoms with Gasteiger partial charge in [0.1, 0.15) is 0 Å². The maximum Gasteiger partial charge on any atom is 0.319 e. The van der Waals surface area contributed by atoms with Crippen molar-refractivity contribution >= 4 is 23.3 Å². The Labute approximate surface area is 129 Å². The summed E-state index contributed by atoms with van der Waals surface area (Å²) in [6, 6.07) is 13.9. The second-order valence-corrected chi connectivity index (χ2v) is 4.92. The first-order chi connectivity index (χ1) is 10.5. The molecule has 0 aliphatic rings. The number of rotatable bonds is 4. The molecule has 0 aromatic heterocycles. The summed E-state index contributed by atoms with van der Waals surface area (Å²) in [6.45, 7) is 2.07. The topological polar surface area (TPSA) is 75.4 Å². The van der Waals surface area contributed by atoms with Crippen molar-refractivity contribution in [2.45, 2.75) is 13.3 Å². The number of carbonyl (C=O) groups excluding carboxylic acids is 2. The molecule has 0 radical (unpaired) electrons. The predicted octanol–water partition coefficient (Wildman–Crippen LogP) is 3.02. The summed E-state index contributed by atoms with van der Waals surface area (Å²) in [4.78, 5) is 25.0. The SMILES string of the molecule is CCc1ccc(NC(=O)c2ccccc2N(C)C(N)=O)cc1. The van der Waals surface area contributed by atoms with E-state index in [1.165, 1.54) is 17.5 Å². The number of nitrogens with one attached hydrogen (secondary N) is 1. The van der Waals surface area contributed by atoms with E-state index < -0.39 is 6.03 Å². The lowest BCUT2D eigenvalue weighted by Gasteiger charge is -2.18. The number of urea groups is 1. The molecule has 114 valence electrons. The van der Waals surface area contributed by atoms with Gasteiger partial charge in [0.05, 0.1) is 11.3 Å². The summed E-state index contributed by atoms with van der Waals surface area (Å²) >= 11 is 0. The van der Waals surface area contributed by atoms with Gasteiger partial charge in [-0.3, -0.25) is 9.69 Å². The average molecular weight is 297 g/mol. The van der Waals surface area contributed by atoms with E-state index in [0.29, 0.717) is 16.9 Å². The largest absolute Gasteiger partial charge is 0.351 e. The molecule has 0 bridgehead atoms. The van der Waals surface area contributed by atoms with Crippen LogP contribution in [0.3, 0.4) is 0 Å². The molecular weight excluding hydrogens is 278 g/mol. The summed E-state index contributed by atoms with van der Waals surface area (Å²) < 4.78 is 0. The van der Waals surface area contributed by atoms with Crippen LogP contribution in [0, 0.1) is 0 Å². The summed E-state index contributed by atoms with van der Waals surface area (Å²) in [5, 5.41) is 2.83. The number of hydrogen-bond acceptors (Lipinski definition) is 2. The number of para-hydroxylation sites is 1. The Bertz CT molecular complexity index is 681. The molecule has 0 heterocycles. The second kappa shape index (κ2) is 6.76. The van der Waals surface area contributed by atoms with Crippen LogP contribution in [0.1, 0.15) is 22.8 Å². The van der Waals surface area contributed by atoms with Gasteiger partial charge in [0.2, 0.25) is 0 Å². The van der Waals surface area contributed by atoms with E-state index in [0.717, 1.165) is 6.42 Å². The molecule has 0 saturated heterocycles. The van der Waals surface area contributed by atoms with Crippen LogP contribution in [-0.4, -0.2) is 19.0 Å². The first-order valence-corrected chi connectivity index (χ1v) is 7.05. The molecule has 2 rings (SSSR count). The first-order valence-electron chi connectivity index (χ1n) is 7.05. The minimum atomic E-state index is -0.618. The van der Waals surface area contributed by atoms with E-state index >= 15 is 0 Å². The van der Waals surface area contributed by atoms with E-state index in [-0.39, 0.29) is 5.91 Å². The van der Waals surface area contributed by atoms with Crippen molar-refractivity contribution in [3.05, 3.63) is 59.7 Å². The van der Waals surface area contributed by atoms with Crippen LogP contribution < -0.4 is 16.0 Å². The van der Waals surface area contributed by atoms with Crippen molar-refractivity contribution in [2.24, 2.45) is 5.73 Å². The van der Waals surface area contributed by atoms with Crippen LogP contribution in [0.25, 0.3) is 0 Å². The number of nitrogens with two attached hydrogens (primary N) is 1. The maximum absolute atomic E-state index is 12.4. The number of nitrogens with zero attached hydrogens (tertiary/aromatic N) is 1. The highest BCUT2D eigenvalue weighted by Crippen LogP contribution is 2.21. The standard InChI is InChI=1S/C17H19N3O2/c1-3-12-8-10-13(11-9-12)19-16(21)14-6-4-5-7-15(14)20(2)17(18)22/h4-11H,3H2,1-2H3,(H2,18,22)(H,19,21). The second-order valence-electron chi connectivity index (χ2n) is 4.92. The average Bonchev–Trinajstić information content (AvgIpc) is 2.54. The molecule has 0 aliphatic carbocycles. The lowest BCUT2D eigenvalue weighted by molar-refractivity contribution is 0.102. The zero-order valence-corrected chi connectivity index (χ0v) is 12.7. The number of carbonyl (C=O) groups is 2. The third-order valence-electron chi connectivity index (χ3n) is 3.46. The van der Waals surface area contributed by atoms with Gasteiger partial charge >= 0.3 is 6.03 Å². The van der Waals surface area contributed by atoms with E-state index in [9.17, 15) is 9.59 Å². The van der Waals surface area contributed by atoms with Gasteiger partial charge < -0.3 is 11.1 Å². The highest BCUT2D eigenvalue weighted by Gasteiger charge is 2.16. The van der Waals surface area contributed by atoms with Crippen molar-refractivity contribution in [1.82, 2.24) is 0 Å². The number of aryl methyl sites for hydroxylation is 1. The number of hydrogen-bond donors (Lipinski definition) is 2. The molecule has 0 aliphatic heterocycles. The Hall–Kier alpha value is -2.82. The van der Waals surface area contributed by atoms with Crippen LogP contribution >= 0.6 is 0 Å². The Morgan fingerprint density at radius 3 is 2.32 bits per heavy atom. The van der Waals surface area contributed by atoms with Gasteiger partial charge in [0.25, 0.3) is 5.91 Å². The van der Waals surface area contributed by atoms with E-state index in [1.807, 2.05) is 24.3 Å². The van der Waals surface area contributed by atoms with Gasteiger partial charge in [-0.2, -0.15) is 0 Å². The third kappa shape index (κ3) is 3.44. The quantitative estimate of drug-likeness (QED) is 0.910. The highest BCUT2D eigenvalue weighted by atomic mass is 16.2. The Balaban J connectivity index is 2.24. The van der Waals surface area contributed by atoms with Crippen LogP contribution in [0.2, 0.25) is 0 Å². The molecule has 2 aromatic rings. The minimum Gasteiger partial charge on any atom is -0.351 e. The number of amides is 3. The zero-order chi connectivity index (χ0) is 16.1. The molecule has 5 nitrogen and oxygen atoms in total. The summed E-state index contributed by atoms with van der Waals surface area (Å²) in [7, 11) is 1.53. The molecule has 3 amide bonds. The predicted molar refractivity (Wildman–Crippen MR) is 88.2 cm³/mol. The summed E-state index contributed by atoms with van der Waals surface area (Å²) in [5.74, 6) is -0.284. The monoisotopic (exact) mass is 297 g/mol. The Morgan fingerprint density at radius 2 is 1.73 bits per heavy atom. The molecule has 22 heavy (non-hydrogen) atoms. The van der Waals surface area contributed by atoms with Crippen molar-refractivity contribution in [3.63, 3.8) is 0 Å². The molecule has 0 fully saturated rings. The molecule has 2 aromatic carbocycles. The maximum atomic E-state index is 12.4. The van der Waals surface area contributed by atoms with Crippen molar-refractivity contribution in [2.75, 3.05) is 17.3 Å². The lowest BCUT2D eigenvalue weighted by atomic mass is 10.1. The van der Waals surface area contributed by atoms with Crippen LogP contribution in [-0.2, 0) is 6.42 Å². The number of benzene rings is 2. The molecule has 5 heteroatoms. The van der Waals surface area contributed by atoms with Gasteiger partial charge in [0, 0.05) is 12.7 Å². The minimum absolute atomic E-state index is 0.284.